The standard InChI is InChI=1S/CH2O3.Ca.In/c2-1(3)4;;/h(H2,2,3,4);;/q;+2;+3/p-2. The monoisotopic (exact) mass is 215 g/mol. The molecule has 0 radical (unpaired) electrons. The van der Waals surface area contributed by atoms with Crippen LogP contribution in [0.2, 0.25) is 0 Å². The van der Waals surface area contributed by atoms with Crippen LogP contribution in [0.25, 0.3) is 0 Å². The van der Waals surface area contributed by atoms with E-state index in [1.54, 1.807) is 0 Å². The summed E-state index contributed by atoms with van der Waals surface area (Å²) in [7, 11) is 0. The van der Waals surface area contributed by atoms with Gasteiger partial charge in [-0.15, -0.1) is 0 Å². The summed E-state index contributed by atoms with van der Waals surface area (Å²) in [6.07, 6.45) is -2.33. The van der Waals surface area contributed by atoms with Gasteiger partial charge in [-0.2, -0.15) is 0 Å². The van der Waals surface area contributed by atoms with Gasteiger partial charge in [0, 0.05) is 0 Å². The molecule has 0 aliphatic carbocycles. The molecule has 0 saturated carbocycles. The van der Waals surface area contributed by atoms with Crippen LogP contribution in [0.4, 0.5) is 4.79 Å². The summed E-state index contributed by atoms with van der Waals surface area (Å²) in [4.78, 5) is 8.33. The molecule has 0 aromatic rings. The van der Waals surface area contributed by atoms with Gasteiger partial charge in [0.1, 0.15) is 0 Å². The molecule has 5 heteroatoms. The Kier molecular flexibility index (Phi) is 25.2. The van der Waals surface area contributed by atoms with E-state index in [0.29, 0.717) is 0 Å². The fourth-order valence-electron chi connectivity index (χ4n) is 0. The maximum atomic E-state index is 8.33. The summed E-state index contributed by atoms with van der Waals surface area (Å²) in [5.41, 5.74) is 0. The molecule has 0 atom stereocenters. The van der Waals surface area contributed by atoms with Crippen LogP contribution < -0.4 is 10.2 Å². The zero-order valence-electron chi connectivity index (χ0n) is 3.01. The molecule has 24 valence electrons. The Hall–Kier alpha value is 1.40. The molecule has 0 unspecified atom stereocenters. The zero-order chi connectivity index (χ0) is 3.58. The summed E-state index contributed by atoms with van der Waals surface area (Å²) in [6, 6.07) is 0. The van der Waals surface area contributed by atoms with Crippen LogP contribution in [0.5, 0.6) is 0 Å². The number of carbonyl (C=O) groups excluding carboxylic acids is 1. The minimum absolute atomic E-state index is 0. The normalized spacial score (nSPS) is 4.00. The quantitative estimate of drug-likeness (QED) is 0.399. The third-order valence-electron chi connectivity index (χ3n) is 0. The van der Waals surface area contributed by atoms with Crippen molar-refractivity contribution in [2.24, 2.45) is 0 Å². The van der Waals surface area contributed by atoms with Crippen molar-refractivity contribution in [3.63, 3.8) is 0 Å². The molecular formula is CCaInO3+3. The fourth-order valence-corrected chi connectivity index (χ4v) is 0. The summed E-state index contributed by atoms with van der Waals surface area (Å²) in [5, 5.41) is 16.7. The van der Waals surface area contributed by atoms with Crippen molar-refractivity contribution < 1.29 is 15.0 Å². The van der Waals surface area contributed by atoms with Crippen LogP contribution in [0, 0.1) is 0 Å². The Morgan fingerprint density at radius 2 is 1.33 bits per heavy atom. The van der Waals surface area contributed by atoms with Crippen LogP contribution in [-0.4, -0.2) is 69.7 Å². The molecule has 0 aromatic carbocycles. The third kappa shape index (κ3) is 53.3. The van der Waals surface area contributed by atoms with E-state index in [1.165, 1.54) is 0 Å². The van der Waals surface area contributed by atoms with Gasteiger partial charge in [0.15, 0.2) is 0 Å². The Labute approximate surface area is 83.5 Å². The van der Waals surface area contributed by atoms with E-state index in [0.717, 1.165) is 0 Å². The molecule has 0 spiro atoms. The van der Waals surface area contributed by atoms with Crippen molar-refractivity contribution in [1.82, 2.24) is 0 Å². The summed E-state index contributed by atoms with van der Waals surface area (Å²) in [6.45, 7) is 0. The van der Waals surface area contributed by atoms with Gasteiger partial charge in [-0.1, -0.05) is 0 Å². The van der Waals surface area contributed by atoms with Crippen LogP contribution in [0.15, 0.2) is 0 Å². The number of rotatable bonds is 0. The Morgan fingerprint density at radius 3 is 1.33 bits per heavy atom. The van der Waals surface area contributed by atoms with Gasteiger partial charge >= 0.3 is 63.6 Å². The van der Waals surface area contributed by atoms with Crippen LogP contribution in [0.1, 0.15) is 0 Å². The number of hydrogen-bond donors (Lipinski definition) is 0. The Balaban J connectivity index is -0.0000000450. The van der Waals surface area contributed by atoms with Gasteiger partial charge in [0.25, 0.3) is 0 Å². The molecule has 0 aliphatic rings. The molecule has 0 rings (SSSR count). The maximum absolute atomic E-state index is 8.33. The second-order valence-electron chi connectivity index (χ2n) is 0.250. The van der Waals surface area contributed by atoms with Crippen LogP contribution in [-0.2, 0) is 0 Å². The SMILES string of the molecule is O=C([O-])[O-].[Ca+2].[In+3]. The van der Waals surface area contributed by atoms with E-state index in [4.69, 9.17) is 15.0 Å². The predicted octanol–water partition coefficient (Wildman–Crippen LogP) is -3.21. The molecule has 0 fully saturated rings. The average molecular weight is 215 g/mol. The van der Waals surface area contributed by atoms with Crippen molar-refractivity contribution in [3.8, 4) is 0 Å². The molecule has 0 N–H and O–H groups in total. The smallest absolute Gasteiger partial charge is 0.652 e. The first kappa shape index (κ1) is 15.7. The summed E-state index contributed by atoms with van der Waals surface area (Å²) >= 11 is 0. The molecule has 0 aromatic heterocycles. The second-order valence-corrected chi connectivity index (χ2v) is 0.250. The largest absolute Gasteiger partial charge is 3.00 e. The molecule has 0 saturated heterocycles. The van der Waals surface area contributed by atoms with Gasteiger partial charge < -0.3 is 15.0 Å². The predicted molar refractivity (Wildman–Crippen MR) is 16.9 cm³/mol. The van der Waals surface area contributed by atoms with E-state index < -0.39 is 6.16 Å². The molecule has 0 amide bonds. The van der Waals surface area contributed by atoms with Gasteiger partial charge in [-0.05, 0) is 6.16 Å². The fraction of sp³-hybridized carbons (Fsp3) is 0. The van der Waals surface area contributed by atoms with E-state index in [2.05, 4.69) is 0 Å². The number of carboxylic acid groups (broad SMARTS) is 2. The van der Waals surface area contributed by atoms with Gasteiger partial charge in [0.2, 0.25) is 0 Å². The molecule has 0 aliphatic heterocycles. The second kappa shape index (κ2) is 9.64. The first-order chi connectivity index (χ1) is 1.73. The van der Waals surface area contributed by atoms with Gasteiger partial charge in [-0.25, -0.2) is 0 Å². The minimum atomic E-state index is -2.33. The van der Waals surface area contributed by atoms with E-state index in [1.807, 2.05) is 0 Å². The van der Waals surface area contributed by atoms with Crippen molar-refractivity contribution >= 4 is 69.7 Å². The maximum Gasteiger partial charge on any atom is 3.00 e. The van der Waals surface area contributed by atoms with Crippen LogP contribution in [0.3, 0.4) is 0 Å². The van der Waals surface area contributed by atoms with Gasteiger partial charge in [0.05, 0.1) is 0 Å². The zero-order valence-corrected chi connectivity index (χ0v) is 8.51. The topological polar surface area (TPSA) is 63.2 Å². The summed E-state index contributed by atoms with van der Waals surface area (Å²) in [5.74, 6) is 0. The molecule has 0 heterocycles. The van der Waals surface area contributed by atoms with Crippen molar-refractivity contribution in [1.29, 1.82) is 0 Å². The first-order valence-corrected chi connectivity index (χ1v) is 0.612. The summed E-state index contributed by atoms with van der Waals surface area (Å²) < 4.78 is 0. The molecule has 6 heavy (non-hydrogen) atoms. The van der Waals surface area contributed by atoms with Crippen molar-refractivity contribution in [2.75, 3.05) is 0 Å². The van der Waals surface area contributed by atoms with E-state index >= 15 is 0 Å². The first-order valence-electron chi connectivity index (χ1n) is 0.612. The minimum Gasteiger partial charge on any atom is -0.652 e. The third-order valence-corrected chi connectivity index (χ3v) is 0. The Bertz CT molecular complexity index is 33.8. The molecular weight excluding hydrogens is 215 g/mol. The van der Waals surface area contributed by atoms with E-state index in [9.17, 15) is 0 Å². The van der Waals surface area contributed by atoms with Crippen molar-refractivity contribution in [2.45, 2.75) is 0 Å². The number of carbonyl (C=O) groups is 1. The molecule has 0 bridgehead atoms. The van der Waals surface area contributed by atoms with Crippen LogP contribution >= 0.6 is 0 Å². The van der Waals surface area contributed by atoms with Gasteiger partial charge in [-0.3, -0.25) is 0 Å². The van der Waals surface area contributed by atoms with E-state index in [-0.39, 0.29) is 63.6 Å². The average Bonchev–Trinajstić information content (AvgIpc) is 0.811. The Morgan fingerprint density at radius 1 is 1.33 bits per heavy atom. The number of hydrogen-bond acceptors (Lipinski definition) is 3. The molecule has 3 nitrogen and oxygen atoms in total. The van der Waals surface area contributed by atoms with Crippen molar-refractivity contribution in [3.05, 3.63) is 0 Å².